The molecule has 0 aliphatic carbocycles. The number of hydrogen-bond acceptors (Lipinski definition) is 7. The summed E-state index contributed by atoms with van der Waals surface area (Å²) in [5.41, 5.74) is 0.913. The van der Waals surface area contributed by atoms with Crippen LogP contribution in [0.3, 0.4) is 0 Å². The molecule has 1 aliphatic rings. The number of para-hydroxylation sites is 1. The number of nitrogens with one attached hydrogen (secondary N) is 1. The molecule has 0 saturated carbocycles. The van der Waals surface area contributed by atoms with Gasteiger partial charge in [0.1, 0.15) is 0 Å². The van der Waals surface area contributed by atoms with Crippen LogP contribution in [-0.2, 0) is 4.79 Å². The van der Waals surface area contributed by atoms with Crippen molar-refractivity contribution < 1.29 is 4.79 Å². The topological polar surface area (TPSA) is 74.2 Å². The number of carbonyl (C=O) groups excluding carboxylic acids is 1. The van der Waals surface area contributed by atoms with Gasteiger partial charge in [0, 0.05) is 26.2 Å². The van der Waals surface area contributed by atoms with E-state index in [1.54, 1.807) is 12.4 Å². The Bertz CT molecular complexity index is 921. The van der Waals surface area contributed by atoms with Crippen LogP contribution in [0.2, 0.25) is 5.02 Å². The SMILES string of the molecule is CN(c1ncc(Cl)cn1)C1CCN(CC(=O)Nc2nc3ccccc3s2)CC1. The second-order valence-corrected chi connectivity index (χ2v) is 8.32. The zero-order valence-electron chi connectivity index (χ0n) is 15.5. The van der Waals surface area contributed by atoms with Gasteiger partial charge in [-0.25, -0.2) is 15.0 Å². The maximum Gasteiger partial charge on any atom is 0.240 e. The molecular weight excluding hydrogens is 396 g/mol. The number of likely N-dealkylation sites (tertiary alicyclic amines) is 1. The average molecular weight is 417 g/mol. The van der Waals surface area contributed by atoms with Crippen molar-refractivity contribution in [3.8, 4) is 0 Å². The van der Waals surface area contributed by atoms with E-state index >= 15 is 0 Å². The molecule has 3 heterocycles. The normalized spacial score (nSPS) is 15.6. The Morgan fingerprint density at radius 3 is 2.71 bits per heavy atom. The lowest BCUT2D eigenvalue weighted by atomic mass is 10.0. The predicted molar refractivity (Wildman–Crippen MR) is 113 cm³/mol. The maximum absolute atomic E-state index is 12.4. The third-order valence-electron chi connectivity index (χ3n) is 4.93. The Morgan fingerprint density at radius 1 is 1.29 bits per heavy atom. The van der Waals surface area contributed by atoms with E-state index in [9.17, 15) is 4.79 Å². The lowest BCUT2D eigenvalue weighted by molar-refractivity contribution is -0.117. The van der Waals surface area contributed by atoms with E-state index in [1.807, 2.05) is 31.3 Å². The minimum atomic E-state index is -0.0214. The fourth-order valence-electron chi connectivity index (χ4n) is 3.40. The molecule has 9 heteroatoms. The third-order valence-corrected chi connectivity index (χ3v) is 6.08. The van der Waals surface area contributed by atoms with E-state index in [0.717, 1.165) is 36.1 Å². The number of thiazole rings is 1. The largest absolute Gasteiger partial charge is 0.341 e. The van der Waals surface area contributed by atoms with Gasteiger partial charge in [-0.2, -0.15) is 0 Å². The van der Waals surface area contributed by atoms with Crippen LogP contribution < -0.4 is 10.2 Å². The summed E-state index contributed by atoms with van der Waals surface area (Å²) >= 11 is 7.36. The fraction of sp³-hybridized carbons (Fsp3) is 0.368. The van der Waals surface area contributed by atoms with E-state index in [1.165, 1.54) is 11.3 Å². The molecule has 1 N–H and O–H groups in total. The molecule has 1 aliphatic heterocycles. The lowest BCUT2D eigenvalue weighted by Gasteiger charge is -2.36. The Kier molecular flexibility index (Phi) is 5.70. The molecule has 146 valence electrons. The van der Waals surface area contributed by atoms with Crippen molar-refractivity contribution >= 4 is 50.1 Å². The standard InChI is InChI=1S/C19H21ClN6OS/c1-25(18-21-10-13(20)11-22-18)14-6-8-26(9-7-14)12-17(27)24-19-23-15-4-2-3-5-16(15)28-19/h2-5,10-11,14H,6-9,12H2,1H3,(H,23,24,27). The summed E-state index contributed by atoms with van der Waals surface area (Å²) in [5.74, 6) is 0.656. The van der Waals surface area contributed by atoms with Gasteiger partial charge >= 0.3 is 0 Å². The molecule has 0 spiro atoms. The molecule has 2 aromatic heterocycles. The number of rotatable bonds is 5. The van der Waals surface area contributed by atoms with E-state index in [-0.39, 0.29) is 5.91 Å². The number of amides is 1. The maximum atomic E-state index is 12.4. The van der Waals surface area contributed by atoms with Crippen LogP contribution >= 0.6 is 22.9 Å². The first-order valence-corrected chi connectivity index (χ1v) is 10.4. The Labute approximate surface area is 172 Å². The van der Waals surface area contributed by atoms with Crippen molar-refractivity contribution in [1.29, 1.82) is 0 Å². The van der Waals surface area contributed by atoms with Crippen LogP contribution in [0.25, 0.3) is 10.2 Å². The first-order valence-electron chi connectivity index (χ1n) is 9.16. The highest BCUT2D eigenvalue weighted by atomic mass is 35.5. The summed E-state index contributed by atoms with van der Waals surface area (Å²) in [5, 5.41) is 4.11. The number of piperidine rings is 1. The molecule has 1 fully saturated rings. The van der Waals surface area contributed by atoms with Gasteiger partial charge in [0.05, 0.1) is 34.2 Å². The molecule has 0 atom stereocenters. The number of halogens is 1. The zero-order chi connectivity index (χ0) is 19.5. The van der Waals surface area contributed by atoms with Gasteiger partial charge in [-0.05, 0) is 25.0 Å². The van der Waals surface area contributed by atoms with Crippen molar-refractivity contribution in [1.82, 2.24) is 19.9 Å². The minimum absolute atomic E-state index is 0.0214. The summed E-state index contributed by atoms with van der Waals surface area (Å²) in [7, 11) is 2.00. The van der Waals surface area contributed by atoms with Gasteiger partial charge < -0.3 is 10.2 Å². The number of fused-ring (bicyclic) bond motifs is 1. The molecule has 4 rings (SSSR count). The molecule has 1 saturated heterocycles. The highest BCUT2D eigenvalue weighted by Crippen LogP contribution is 2.25. The van der Waals surface area contributed by atoms with E-state index in [4.69, 9.17) is 11.6 Å². The Morgan fingerprint density at radius 2 is 2.00 bits per heavy atom. The average Bonchev–Trinajstić information content (AvgIpc) is 3.10. The lowest BCUT2D eigenvalue weighted by Crippen LogP contribution is -2.46. The van der Waals surface area contributed by atoms with Crippen molar-refractivity contribution in [2.75, 3.05) is 36.9 Å². The van der Waals surface area contributed by atoms with Gasteiger partial charge in [-0.1, -0.05) is 35.1 Å². The Balaban J connectivity index is 1.27. The van der Waals surface area contributed by atoms with Gasteiger partial charge in [0.2, 0.25) is 11.9 Å². The molecule has 1 aromatic carbocycles. The van der Waals surface area contributed by atoms with E-state index in [2.05, 4.69) is 30.1 Å². The number of aromatic nitrogens is 3. The number of hydrogen-bond donors (Lipinski definition) is 1. The molecular formula is C19H21ClN6OS. The van der Waals surface area contributed by atoms with E-state index in [0.29, 0.717) is 28.7 Å². The highest BCUT2D eigenvalue weighted by molar-refractivity contribution is 7.22. The van der Waals surface area contributed by atoms with Crippen molar-refractivity contribution in [2.45, 2.75) is 18.9 Å². The van der Waals surface area contributed by atoms with Crippen LogP contribution in [0.15, 0.2) is 36.7 Å². The molecule has 1 amide bonds. The van der Waals surface area contributed by atoms with Crippen molar-refractivity contribution in [3.05, 3.63) is 41.7 Å². The number of anilines is 2. The fourth-order valence-corrected chi connectivity index (χ4v) is 4.38. The van der Waals surface area contributed by atoms with Gasteiger partial charge in [0.25, 0.3) is 0 Å². The second-order valence-electron chi connectivity index (χ2n) is 6.85. The van der Waals surface area contributed by atoms with Crippen molar-refractivity contribution in [2.24, 2.45) is 0 Å². The summed E-state index contributed by atoms with van der Waals surface area (Å²) in [6.45, 7) is 2.09. The molecule has 3 aromatic rings. The van der Waals surface area contributed by atoms with Crippen LogP contribution in [-0.4, -0.2) is 58.5 Å². The molecule has 7 nitrogen and oxygen atoms in total. The molecule has 0 unspecified atom stereocenters. The molecule has 0 radical (unpaired) electrons. The van der Waals surface area contributed by atoms with Crippen LogP contribution in [0.5, 0.6) is 0 Å². The van der Waals surface area contributed by atoms with Gasteiger partial charge in [-0.15, -0.1) is 0 Å². The van der Waals surface area contributed by atoms with Gasteiger partial charge in [0.15, 0.2) is 5.13 Å². The summed E-state index contributed by atoms with van der Waals surface area (Å²) in [6, 6.07) is 8.23. The summed E-state index contributed by atoms with van der Waals surface area (Å²) < 4.78 is 1.08. The smallest absolute Gasteiger partial charge is 0.240 e. The second kappa shape index (κ2) is 8.38. The monoisotopic (exact) mass is 416 g/mol. The van der Waals surface area contributed by atoms with Crippen LogP contribution in [0.1, 0.15) is 12.8 Å². The van der Waals surface area contributed by atoms with Gasteiger partial charge in [-0.3, -0.25) is 9.69 Å². The van der Waals surface area contributed by atoms with Crippen LogP contribution in [0.4, 0.5) is 11.1 Å². The summed E-state index contributed by atoms with van der Waals surface area (Å²) in [4.78, 5) is 29.7. The number of benzene rings is 1. The quantitative estimate of drug-likeness (QED) is 0.688. The van der Waals surface area contributed by atoms with Crippen molar-refractivity contribution in [3.63, 3.8) is 0 Å². The molecule has 0 bridgehead atoms. The highest BCUT2D eigenvalue weighted by Gasteiger charge is 2.25. The Hall–Kier alpha value is -2.29. The minimum Gasteiger partial charge on any atom is -0.341 e. The first-order chi connectivity index (χ1) is 13.6. The third kappa shape index (κ3) is 4.40. The molecule has 28 heavy (non-hydrogen) atoms. The zero-order valence-corrected chi connectivity index (χ0v) is 17.1. The first kappa shape index (κ1) is 19.0. The number of carbonyl (C=O) groups is 1. The number of nitrogens with zero attached hydrogens (tertiary/aromatic N) is 5. The van der Waals surface area contributed by atoms with E-state index < -0.39 is 0 Å². The predicted octanol–water partition coefficient (Wildman–Crippen LogP) is 3.28. The van der Waals surface area contributed by atoms with Crippen LogP contribution in [0, 0.1) is 0 Å². The summed E-state index contributed by atoms with van der Waals surface area (Å²) in [6.07, 6.45) is 5.14.